The molecular weight excluding hydrogens is 282 g/mol. The van der Waals surface area contributed by atoms with Crippen LogP contribution in [0.3, 0.4) is 0 Å². The fraction of sp³-hybridized carbons (Fsp3) is 0.647. The summed E-state index contributed by atoms with van der Waals surface area (Å²) in [5, 5.41) is 3.62. The highest BCUT2D eigenvalue weighted by molar-refractivity contribution is 7.90. The van der Waals surface area contributed by atoms with Crippen molar-refractivity contribution in [3.8, 4) is 0 Å². The van der Waals surface area contributed by atoms with Gasteiger partial charge in [-0.05, 0) is 48.8 Å². The molecule has 1 N–H and O–H groups in total. The lowest BCUT2D eigenvalue weighted by atomic mass is 9.85. The second-order valence-electron chi connectivity index (χ2n) is 7.09. The predicted octanol–water partition coefficient (Wildman–Crippen LogP) is 3.54. The zero-order chi connectivity index (χ0) is 15.5. The van der Waals surface area contributed by atoms with Crippen LogP contribution in [-0.4, -0.2) is 20.7 Å². The quantitative estimate of drug-likeness (QED) is 0.865. The molecule has 0 saturated heterocycles. The van der Waals surface area contributed by atoms with Gasteiger partial charge in [0, 0.05) is 18.8 Å². The Morgan fingerprint density at radius 2 is 1.81 bits per heavy atom. The fourth-order valence-electron chi connectivity index (χ4n) is 2.98. The second-order valence-corrected chi connectivity index (χ2v) is 9.10. The van der Waals surface area contributed by atoms with Crippen LogP contribution >= 0.6 is 0 Å². The molecule has 0 spiro atoms. The van der Waals surface area contributed by atoms with E-state index in [9.17, 15) is 8.42 Å². The zero-order valence-electron chi connectivity index (χ0n) is 13.4. The van der Waals surface area contributed by atoms with Gasteiger partial charge in [0.2, 0.25) is 0 Å². The molecule has 1 aliphatic rings. The van der Waals surface area contributed by atoms with E-state index in [0.717, 1.165) is 12.1 Å². The van der Waals surface area contributed by atoms with Crippen LogP contribution in [0.1, 0.15) is 51.5 Å². The largest absolute Gasteiger partial charge is 0.310 e. The first kappa shape index (κ1) is 16.5. The van der Waals surface area contributed by atoms with Crippen molar-refractivity contribution in [2.75, 3.05) is 6.26 Å². The highest BCUT2D eigenvalue weighted by Gasteiger charge is 2.23. The first-order valence-electron chi connectivity index (χ1n) is 7.79. The Kier molecular flexibility index (Phi) is 5.10. The van der Waals surface area contributed by atoms with E-state index in [1.807, 2.05) is 12.1 Å². The molecule has 1 unspecified atom stereocenters. The maximum absolute atomic E-state index is 11.4. The Morgan fingerprint density at radius 1 is 1.14 bits per heavy atom. The molecular formula is C17H27NO2S. The monoisotopic (exact) mass is 309 g/mol. The molecule has 0 heterocycles. The Bertz CT molecular complexity index is 561. The normalized spacial score (nSPS) is 22.7. The van der Waals surface area contributed by atoms with Crippen molar-refractivity contribution >= 4 is 9.84 Å². The highest BCUT2D eigenvalue weighted by Crippen LogP contribution is 2.33. The van der Waals surface area contributed by atoms with Gasteiger partial charge in [-0.3, -0.25) is 0 Å². The van der Waals surface area contributed by atoms with Crippen molar-refractivity contribution in [2.45, 2.75) is 63.4 Å². The molecule has 1 fully saturated rings. The van der Waals surface area contributed by atoms with Crippen molar-refractivity contribution in [3.05, 3.63) is 29.8 Å². The van der Waals surface area contributed by atoms with Gasteiger partial charge in [-0.15, -0.1) is 0 Å². The minimum Gasteiger partial charge on any atom is -0.310 e. The third kappa shape index (κ3) is 5.11. The van der Waals surface area contributed by atoms with Crippen LogP contribution in [0.5, 0.6) is 0 Å². The predicted molar refractivity (Wildman–Crippen MR) is 87.0 cm³/mol. The second kappa shape index (κ2) is 6.49. The van der Waals surface area contributed by atoms with Crippen molar-refractivity contribution in [1.29, 1.82) is 0 Å². The number of nitrogens with one attached hydrogen (secondary N) is 1. The van der Waals surface area contributed by atoms with E-state index in [-0.39, 0.29) is 0 Å². The van der Waals surface area contributed by atoms with Crippen molar-refractivity contribution in [3.63, 3.8) is 0 Å². The summed E-state index contributed by atoms with van der Waals surface area (Å²) < 4.78 is 22.9. The molecule has 2 rings (SSSR count). The van der Waals surface area contributed by atoms with Crippen molar-refractivity contribution in [1.82, 2.24) is 5.32 Å². The van der Waals surface area contributed by atoms with E-state index in [2.05, 4.69) is 19.2 Å². The smallest absolute Gasteiger partial charge is 0.175 e. The lowest BCUT2D eigenvalue weighted by Gasteiger charge is -2.22. The molecule has 0 aliphatic heterocycles. The Labute approximate surface area is 129 Å². The van der Waals surface area contributed by atoms with E-state index in [1.54, 1.807) is 12.1 Å². The zero-order valence-corrected chi connectivity index (χ0v) is 14.2. The molecule has 0 radical (unpaired) electrons. The van der Waals surface area contributed by atoms with Gasteiger partial charge in [0.15, 0.2) is 9.84 Å². The molecule has 3 nitrogen and oxygen atoms in total. The van der Waals surface area contributed by atoms with E-state index >= 15 is 0 Å². The number of rotatable bonds is 4. The summed E-state index contributed by atoms with van der Waals surface area (Å²) in [5.41, 5.74) is 1.62. The van der Waals surface area contributed by atoms with E-state index in [0.29, 0.717) is 16.4 Å². The van der Waals surface area contributed by atoms with E-state index in [4.69, 9.17) is 0 Å². The molecule has 1 aromatic carbocycles. The summed E-state index contributed by atoms with van der Waals surface area (Å²) in [6.07, 6.45) is 7.59. The van der Waals surface area contributed by atoms with Crippen LogP contribution in [0, 0.1) is 5.41 Å². The molecule has 0 amide bonds. The summed E-state index contributed by atoms with van der Waals surface area (Å²) >= 11 is 0. The Balaban J connectivity index is 1.88. The average Bonchev–Trinajstić information content (AvgIpc) is 2.57. The summed E-state index contributed by atoms with van der Waals surface area (Å²) in [6, 6.07) is 7.79. The summed E-state index contributed by atoms with van der Waals surface area (Å²) in [5.74, 6) is 0. The molecule has 1 atom stereocenters. The lowest BCUT2D eigenvalue weighted by Crippen LogP contribution is -2.28. The van der Waals surface area contributed by atoms with Crippen LogP contribution in [0.15, 0.2) is 29.2 Å². The fourth-order valence-corrected chi connectivity index (χ4v) is 3.61. The Morgan fingerprint density at radius 3 is 2.43 bits per heavy atom. The van der Waals surface area contributed by atoms with Crippen LogP contribution in [0.25, 0.3) is 0 Å². The molecule has 0 bridgehead atoms. The minimum absolute atomic E-state index is 0.391. The third-order valence-electron chi connectivity index (χ3n) is 4.52. The van der Waals surface area contributed by atoms with Gasteiger partial charge in [-0.1, -0.05) is 32.4 Å². The molecule has 1 aromatic rings. The van der Waals surface area contributed by atoms with E-state index in [1.165, 1.54) is 38.4 Å². The first-order valence-corrected chi connectivity index (χ1v) is 9.68. The van der Waals surface area contributed by atoms with Crippen LogP contribution in [0.4, 0.5) is 0 Å². The van der Waals surface area contributed by atoms with Gasteiger partial charge >= 0.3 is 0 Å². The SMILES string of the molecule is CC1(C)CCCC(NCc2ccc(S(C)(=O)=O)cc2)CC1. The summed E-state index contributed by atoms with van der Waals surface area (Å²) in [7, 11) is -3.09. The highest BCUT2D eigenvalue weighted by atomic mass is 32.2. The topological polar surface area (TPSA) is 46.2 Å². The van der Waals surface area contributed by atoms with Crippen LogP contribution < -0.4 is 5.32 Å². The van der Waals surface area contributed by atoms with E-state index < -0.39 is 9.84 Å². The maximum atomic E-state index is 11.4. The maximum Gasteiger partial charge on any atom is 0.175 e. The van der Waals surface area contributed by atoms with Gasteiger partial charge in [0.25, 0.3) is 0 Å². The summed E-state index contributed by atoms with van der Waals surface area (Å²) in [4.78, 5) is 0.391. The molecule has 0 aromatic heterocycles. The van der Waals surface area contributed by atoms with Gasteiger partial charge in [-0.25, -0.2) is 8.42 Å². The molecule has 4 heteroatoms. The summed E-state index contributed by atoms with van der Waals surface area (Å²) in [6.45, 7) is 5.54. The number of benzene rings is 1. The van der Waals surface area contributed by atoms with Gasteiger partial charge in [-0.2, -0.15) is 0 Å². The standard InChI is InChI=1S/C17H27NO2S/c1-17(2)11-4-5-15(10-12-17)18-13-14-6-8-16(9-7-14)21(3,19)20/h6-9,15,18H,4-5,10-13H2,1-3H3. The van der Waals surface area contributed by atoms with Crippen molar-refractivity contribution in [2.24, 2.45) is 5.41 Å². The third-order valence-corrected chi connectivity index (χ3v) is 5.65. The van der Waals surface area contributed by atoms with Gasteiger partial charge < -0.3 is 5.32 Å². The van der Waals surface area contributed by atoms with Gasteiger partial charge in [0.05, 0.1) is 4.90 Å². The minimum atomic E-state index is -3.09. The number of sulfone groups is 1. The molecule has 21 heavy (non-hydrogen) atoms. The van der Waals surface area contributed by atoms with Gasteiger partial charge in [0.1, 0.15) is 0 Å². The lowest BCUT2D eigenvalue weighted by molar-refractivity contribution is 0.309. The number of hydrogen-bond donors (Lipinski definition) is 1. The molecule has 1 aliphatic carbocycles. The van der Waals surface area contributed by atoms with Crippen LogP contribution in [-0.2, 0) is 16.4 Å². The number of hydrogen-bond acceptors (Lipinski definition) is 3. The van der Waals surface area contributed by atoms with Crippen molar-refractivity contribution < 1.29 is 8.42 Å². The average molecular weight is 309 g/mol. The van der Waals surface area contributed by atoms with Crippen LogP contribution in [0.2, 0.25) is 0 Å². The first-order chi connectivity index (χ1) is 9.76. The molecule has 1 saturated carbocycles. The Hall–Kier alpha value is -0.870. The molecule has 118 valence electrons.